The van der Waals surface area contributed by atoms with E-state index in [1.807, 2.05) is 12.1 Å². The van der Waals surface area contributed by atoms with Crippen LogP contribution in [0.2, 0.25) is 0 Å². The van der Waals surface area contributed by atoms with E-state index in [0.29, 0.717) is 0 Å². The Morgan fingerprint density at radius 2 is 2.15 bits per heavy atom. The number of halogens is 2. The number of nitrogens with one attached hydrogen (secondary N) is 1. The highest BCUT2D eigenvalue weighted by molar-refractivity contribution is 5.85. The van der Waals surface area contributed by atoms with E-state index in [-0.39, 0.29) is 24.8 Å². The van der Waals surface area contributed by atoms with Gasteiger partial charge >= 0.3 is 0 Å². The molecule has 1 atom stereocenters. The van der Waals surface area contributed by atoms with Crippen molar-refractivity contribution in [3.05, 3.63) is 29.8 Å². The molecule has 5 heteroatoms. The Kier molecular flexibility index (Phi) is 10.0. The third-order valence-electron chi connectivity index (χ3n) is 3.75. The minimum Gasteiger partial charge on any atom is -0.497 e. The summed E-state index contributed by atoms with van der Waals surface area (Å²) in [6, 6.07) is 8.99. The number of hydrogen-bond donors (Lipinski definition) is 1. The van der Waals surface area contributed by atoms with Crippen molar-refractivity contribution in [2.75, 3.05) is 26.7 Å². The summed E-state index contributed by atoms with van der Waals surface area (Å²) in [7, 11) is 1.71. The SMILES string of the molecule is CCN1CCCC1CNCc1cccc(OC)c1.Cl.Cl. The summed E-state index contributed by atoms with van der Waals surface area (Å²) < 4.78 is 5.23. The zero-order chi connectivity index (χ0) is 12.8. The van der Waals surface area contributed by atoms with Crippen molar-refractivity contribution in [2.45, 2.75) is 32.4 Å². The van der Waals surface area contributed by atoms with Crippen molar-refractivity contribution in [3.8, 4) is 5.75 Å². The molecule has 2 rings (SSSR count). The monoisotopic (exact) mass is 320 g/mol. The van der Waals surface area contributed by atoms with Crippen LogP contribution in [0.15, 0.2) is 24.3 Å². The fourth-order valence-electron chi connectivity index (χ4n) is 2.71. The molecular weight excluding hydrogens is 295 g/mol. The van der Waals surface area contributed by atoms with E-state index in [9.17, 15) is 0 Å². The molecule has 1 N–H and O–H groups in total. The van der Waals surface area contributed by atoms with Gasteiger partial charge in [0.15, 0.2) is 0 Å². The van der Waals surface area contributed by atoms with Gasteiger partial charge in [-0.25, -0.2) is 0 Å². The van der Waals surface area contributed by atoms with Crippen LogP contribution in [0, 0.1) is 0 Å². The Labute approximate surface area is 134 Å². The molecule has 1 aliphatic rings. The number of hydrogen-bond acceptors (Lipinski definition) is 3. The van der Waals surface area contributed by atoms with E-state index in [1.54, 1.807) is 7.11 Å². The number of ether oxygens (including phenoxy) is 1. The fourth-order valence-corrected chi connectivity index (χ4v) is 2.71. The van der Waals surface area contributed by atoms with E-state index in [1.165, 1.54) is 31.5 Å². The molecule has 0 aliphatic carbocycles. The van der Waals surface area contributed by atoms with Gasteiger partial charge in [0.2, 0.25) is 0 Å². The molecule has 1 fully saturated rings. The first-order valence-electron chi connectivity index (χ1n) is 6.91. The topological polar surface area (TPSA) is 24.5 Å². The zero-order valence-corrected chi connectivity index (χ0v) is 13.9. The Balaban J connectivity index is 0.00000180. The molecule has 116 valence electrons. The molecule has 1 aromatic carbocycles. The molecule has 0 spiro atoms. The van der Waals surface area contributed by atoms with E-state index in [4.69, 9.17) is 4.74 Å². The van der Waals surface area contributed by atoms with Gasteiger partial charge in [-0.2, -0.15) is 0 Å². The van der Waals surface area contributed by atoms with Crippen molar-refractivity contribution < 1.29 is 4.74 Å². The van der Waals surface area contributed by atoms with Gasteiger partial charge in [0.25, 0.3) is 0 Å². The minimum absolute atomic E-state index is 0. The molecule has 0 amide bonds. The summed E-state index contributed by atoms with van der Waals surface area (Å²) in [5, 5.41) is 3.56. The minimum atomic E-state index is 0. The van der Waals surface area contributed by atoms with Gasteiger partial charge in [0, 0.05) is 19.1 Å². The van der Waals surface area contributed by atoms with E-state index in [0.717, 1.165) is 24.9 Å². The van der Waals surface area contributed by atoms with Gasteiger partial charge in [-0.1, -0.05) is 19.1 Å². The van der Waals surface area contributed by atoms with Crippen molar-refractivity contribution in [1.82, 2.24) is 10.2 Å². The van der Waals surface area contributed by atoms with E-state index in [2.05, 4.69) is 29.3 Å². The average molecular weight is 321 g/mol. The first-order valence-corrected chi connectivity index (χ1v) is 6.91. The Hall–Kier alpha value is -0.480. The van der Waals surface area contributed by atoms with Crippen LogP contribution < -0.4 is 10.1 Å². The van der Waals surface area contributed by atoms with E-state index < -0.39 is 0 Å². The summed E-state index contributed by atoms with van der Waals surface area (Å²) in [6.45, 7) is 6.70. The van der Waals surface area contributed by atoms with Crippen LogP contribution >= 0.6 is 24.8 Å². The van der Waals surface area contributed by atoms with Crippen LogP contribution in [0.1, 0.15) is 25.3 Å². The molecule has 1 saturated heterocycles. The Morgan fingerprint density at radius 1 is 1.35 bits per heavy atom. The smallest absolute Gasteiger partial charge is 0.119 e. The maximum Gasteiger partial charge on any atom is 0.119 e. The number of likely N-dealkylation sites (tertiary alicyclic amines) is 1. The lowest BCUT2D eigenvalue weighted by Gasteiger charge is -2.23. The van der Waals surface area contributed by atoms with Crippen molar-refractivity contribution in [1.29, 1.82) is 0 Å². The second kappa shape index (κ2) is 10.3. The van der Waals surface area contributed by atoms with Gasteiger partial charge in [-0.3, -0.25) is 4.90 Å². The lowest BCUT2D eigenvalue weighted by Crippen LogP contribution is -2.37. The number of likely N-dealkylation sites (N-methyl/N-ethyl adjacent to an activating group) is 1. The highest BCUT2D eigenvalue weighted by Crippen LogP contribution is 2.16. The Morgan fingerprint density at radius 3 is 2.85 bits per heavy atom. The molecule has 3 nitrogen and oxygen atoms in total. The fraction of sp³-hybridized carbons (Fsp3) is 0.600. The van der Waals surface area contributed by atoms with Crippen LogP contribution in [0.5, 0.6) is 5.75 Å². The first-order chi connectivity index (χ1) is 8.83. The molecule has 0 aromatic heterocycles. The highest BCUT2D eigenvalue weighted by atomic mass is 35.5. The second-order valence-corrected chi connectivity index (χ2v) is 4.91. The summed E-state index contributed by atoms with van der Waals surface area (Å²) >= 11 is 0. The molecule has 1 aromatic rings. The van der Waals surface area contributed by atoms with Gasteiger partial charge in [0.05, 0.1) is 7.11 Å². The summed E-state index contributed by atoms with van der Waals surface area (Å²) in [5.41, 5.74) is 1.29. The van der Waals surface area contributed by atoms with Crippen LogP contribution in [0.3, 0.4) is 0 Å². The largest absolute Gasteiger partial charge is 0.497 e. The first kappa shape index (κ1) is 19.5. The normalized spacial score (nSPS) is 18.2. The standard InChI is InChI=1S/C15H24N2O.2ClH/c1-3-17-9-5-7-14(17)12-16-11-13-6-4-8-15(10-13)18-2;;/h4,6,8,10,14,16H,3,5,7,9,11-12H2,1-2H3;2*1H. The quantitative estimate of drug-likeness (QED) is 0.871. The number of nitrogens with zero attached hydrogens (tertiary/aromatic N) is 1. The molecule has 0 saturated carbocycles. The third-order valence-corrected chi connectivity index (χ3v) is 3.75. The predicted molar refractivity (Wildman–Crippen MR) is 89.5 cm³/mol. The maximum atomic E-state index is 5.23. The van der Waals surface area contributed by atoms with Crippen LogP contribution in [0.4, 0.5) is 0 Å². The molecule has 0 bridgehead atoms. The predicted octanol–water partition coefficient (Wildman–Crippen LogP) is 3.11. The average Bonchev–Trinajstić information content (AvgIpc) is 2.86. The number of methoxy groups -OCH3 is 1. The summed E-state index contributed by atoms with van der Waals surface area (Å²) in [5.74, 6) is 0.936. The Bertz CT molecular complexity index is 377. The van der Waals surface area contributed by atoms with Gasteiger partial charge in [-0.15, -0.1) is 24.8 Å². The molecule has 1 unspecified atom stereocenters. The lowest BCUT2D eigenvalue weighted by molar-refractivity contribution is 0.260. The molecular formula is C15H26Cl2N2O. The maximum absolute atomic E-state index is 5.23. The second-order valence-electron chi connectivity index (χ2n) is 4.91. The molecule has 20 heavy (non-hydrogen) atoms. The van der Waals surface area contributed by atoms with Crippen LogP contribution in [-0.2, 0) is 6.54 Å². The van der Waals surface area contributed by atoms with Crippen molar-refractivity contribution in [3.63, 3.8) is 0 Å². The number of rotatable bonds is 6. The van der Waals surface area contributed by atoms with Gasteiger partial charge in [0.1, 0.15) is 5.75 Å². The molecule has 0 radical (unpaired) electrons. The molecule has 1 heterocycles. The van der Waals surface area contributed by atoms with Crippen molar-refractivity contribution >= 4 is 24.8 Å². The van der Waals surface area contributed by atoms with Crippen LogP contribution in [-0.4, -0.2) is 37.7 Å². The number of benzene rings is 1. The van der Waals surface area contributed by atoms with Crippen LogP contribution in [0.25, 0.3) is 0 Å². The highest BCUT2D eigenvalue weighted by Gasteiger charge is 2.21. The molecule has 1 aliphatic heterocycles. The van der Waals surface area contributed by atoms with Crippen molar-refractivity contribution in [2.24, 2.45) is 0 Å². The van der Waals surface area contributed by atoms with Gasteiger partial charge < -0.3 is 10.1 Å². The van der Waals surface area contributed by atoms with Gasteiger partial charge in [-0.05, 0) is 43.6 Å². The summed E-state index contributed by atoms with van der Waals surface area (Å²) in [4.78, 5) is 2.57. The summed E-state index contributed by atoms with van der Waals surface area (Å²) in [6.07, 6.45) is 2.68. The zero-order valence-electron chi connectivity index (χ0n) is 12.3. The third kappa shape index (κ3) is 5.49. The lowest BCUT2D eigenvalue weighted by atomic mass is 10.2. The van der Waals surface area contributed by atoms with E-state index >= 15 is 0 Å².